The zero-order valence-electron chi connectivity index (χ0n) is 62.1. The zero-order valence-corrected chi connectivity index (χ0v) is 62.1. The molecule has 2 heterocycles. The molecule has 0 aliphatic carbocycles. The van der Waals surface area contributed by atoms with Gasteiger partial charge in [0.15, 0.2) is 23.4 Å². The molecule has 98 heavy (non-hydrogen) atoms. The normalized spacial score (nSPS) is 19.0. The summed E-state index contributed by atoms with van der Waals surface area (Å²) in [6.45, 7) is 6.85. The monoisotopic (exact) mass is 1370 g/mol. The number of nitrogens with zero attached hydrogens (tertiary/aromatic N) is 1. The highest BCUT2D eigenvalue weighted by Crippen LogP contribution is 2.52. The van der Waals surface area contributed by atoms with E-state index in [0.717, 1.165) is 75.5 Å². The molecule has 2 aromatic carbocycles. The number of carbonyl (C=O) groups is 4. The van der Waals surface area contributed by atoms with Crippen molar-refractivity contribution in [2.24, 2.45) is 11.1 Å². The van der Waals surface area contributed by atoms with Crippen LogP contribution in [0.25, 0.3) is 0 Å². The Kier molecular flexibility index (Phi) is 45.7. The lowest BCUT2D eigenvalue weighted by Crippen LogP contribution is -2.69. The van der Waals surface area contributed by atoms with Gasteiger partial charge in [0.25, 0.3) is 0 Å². The fourth-order valence-corrected chi connectivity index (χ4v) is 14.6. The second-order valence-electron chi connectivity index (χ2n) is 28.9. The first-order chi connectivity index (χ1) is 47.8. The number of ketones is 1. The van der Waals surface area contributed by atoms with Crippen LogP contribution >= 0.6 is 0 Å². The minimum absolute atomic E-state index is 0.229. The van der Waals surface area contributed by atoms with Gasteiger partial charge in [0.1, 0.15) is 23.2 Å². The molecule has 4 rings (SSSR count). The molecule has 2 aliphatic rings. The smallest absolute Gasteiger partial charge is 0.325 e. The number of methoxy groups -OCH3 is 1. The molecule has 0 aromatic heterocycles. The summed E-state index contributed by atoms with van der Waals surface area (Å²) in [6.07, 6.45) is 54.6. The predicted molar refractivity (Wildman–Crippen MR) is 396 cm³/mol. The van der Waals surface area contributed by atoms with Gasteiger partial charge in [-0.1, -0.05) is 340 Å². The van der Waals surface area contributed by atoms with Gasteiger partial charge in [-0.25, -0.2) is 4.79 Å². The van der Waals surface area contributed by atoms with Gasteiger partial charge >= 0.3 is 18.0 Å². The maximum atomic E-state index is 14.4. The van der Waals surface area contributed by atoms with Crippen LogP contribution in [0.4, 0.5) is 4.79 Å². The number of carboxylic acids is 2. The molecule has 2 aromatic rings. The molecular weight excluding hydrogens is 1230 g/mol. The van der Waals surface area contributed by atoms with E-state index in [1.54, 1.807) is 42.5 Å². The van der Waals surface area contributed by atoms with Crippen molar-refractivity contribution in [1.29, 1.82) is 0 Å². The topological polar surface area (TPSA) is 237 Å². The molecule has 0 spiro atoms. The zero-order chi connectivity index (χ0) is 70.8. The second-order valence-corrected chi connectivity index (χ2v) is 28.9. The summed E-state index contributed by atoms with van der Waals surface area (Å²) in [5, 5.41) is 49.4. The number of ether oxygens (including phenoxy) is 5. The Hall–Kier alpha value is -4.74. The number of Topliss-reactive ketones (excluding diaryl/α,β-unsaturated/α-hetero) is 1. The number of nitrogens with two attached hydrogens (primary N) is 1. The van der Waals surface area contributed by atoms with Crippen molar-refractivity contribution in [3.63, 3.8) is 0 Å². The first-order valence-electron chi connectivity index (χ1n) is 40.0. The lowest BCUT2D eigenvalue weighted by Gasteiger charge is -2.46. The molecule has 1 saturated heterocycles. The number of benzene rings is 2. The Labute approximate surface area is 593 Å². The minimum Gasteiger partial charge on any atom is -0.490 e. The number of rotatable bonds is 65. The summed E-state index contributed by atoms with van der Waals surface area (Å²) in [6, 6.07) is 10.5. The van der Waals surface area contributed by atoms with Crippen molar-refractivity contribution in [3.8, 4) is 17.2 Å². The molecule has 0 saturated carbocycles. The number of hydrogen-bond acceptors (Lipinski definition) is 12. The number of nitrogens with one attached hydrogen (secondary N) is 1. The summed E-state index contributed by atoms with van der Waals surface area (Å²) in [5.41, 5.74) is -0.562. The number of aliphatic hydroxyl groups excluding tert-OH is 1. The van der Waals surface area contributed by atoms with E-state index >= 15 is 0 Å². The van der Waals surface area contributed by atoms with Crippen molar-refractivity contribution in [2.75, 3.05) is 33.5 Å². The Bertz CT molecular complexity index is 2390. The van der Waals surface area contributed by atoms with E-state index in [0.29, 0.717) is 37.1 Å². The number of unbranched alkanes of at least 4 members (excludes halogenated alkanes) is 45. The van der Waals surface area contributed by atoms with Gasteiger partial charge < -0.3 is 49.4 Å². The number of aliphatic carboxylic acids is 2. The van der Waals surface area contributed by atoms with Crippen LogP contribution in [0.15, 0.2) is 54.7 Å². The Balaban J connectivity index is 1.57. The van der Waals surface area contributed by atoms with Crippen LogP contribution in [0.1, 0.15) is 351 Å². The van der Waals surface area contributed by atoms with Crippen molar-refractivity contribution in [1.82, 2.24) is 10.2 Å². The lowest BCUT2D eigenvalue weighted by molar-refractivity contribution is -0.205. The van der Waals surface area contributed by atoms with Crippen LogP contribution < -0.4 is 25.3 Å². The van der Waals surface area contributed by atoms with Crippen LogP contribution in [0.5, 0.6) is 17.2 Å². The van der Waals surface area contributed by atoms with Crippen molar-refractivity contribution < 1.29 is 63.3 Å². The number of aliphatic hydroxyl groups is 2. The van der Waals surface area contributed by atoms with E-state index in [4.69, 9.17) is 29.4 Å². The Morgan fingerprint density at radius 1 is 0.541 bits per heavy atom. The third kappa shape index (κ3) is 31.2. The standard InChI is InChI=1S/C82H139N3O13/c1-5-8-11-14-17-20-23-26-29-32-35-38-41-44-47-53-60-95-70-63-68(65-80(78(90)91,66-73(87)88)82(93)72(67-86)98-77(76(82)94-4)85-59-58-81(83,84-79(85)92)75(89)69-56-51-50-52-57-69)64-71(96-61-54-48-45-42-39-36-33-30-27-24-21-18-15-12-9-6-2)74(70)97-62-55-49-46-43-40-37-34-31-28-25-22-19-16-13-10-7-3/h50-52,56-59,63-64,72,76-77,86,93H,5-49,53-55,60-62,65-67,83H2,1-4H3,(H,84,92)(H,87,88)(H,90,91)/t72-,76+,77-,80?,81?,82-/m1/s1. The first kappa shape index (κ1) is 85.7. The third-order valence-corrected chi connectivity index (χ3v) is 20.6. The maximum Gasteiger partial charge on any atom is 0.325 e. The molecule has 1 fully saturated rings. The van der Waals surface area contributed by atoms with E-state index in [1.165, 1.54) is 257 Å². The van der Waals surface area contributed by atoms with E-state index in [-0.39, 0.29) is 11.1 Å². The summed E-state index contributed by atoms with van der Waals surface area (Å²) in [5.74, 6) is -2.87. The van der Waals surface area contributed by atoms with Gasteiger partial charge in [-0.15, -0.1) is 0 Å². The first-order valence-corrected chi connectivity index (χ1v) is 40.0. The van der Waals surface area contributed by atoms with Crippen molar-refractivity contribution >= 4 is 23.8 Å². The van der Waals surface area contributed by atoms with Crippen LogP contribution in [-0.4, -0.2) is 112 Å². The quantitative estimate of drug-likeness (QED) is 0.0267. The highest BCUT2D eigenvalue weighted by atomic mass is 16.6. The van der Waals surface area contributed by atoms with Crippen LogP contribution in [0.3, 0.4) is 0 Å². The fourth-order valence-electron chi connectivity index (χ4n) is 14.6. The predicted octanol–water partition coefficient (Wildman–Crippen LogP) is 20.2. The molecule has 6 atom stereocenters. The molecule has 560 valence electrons. The Morgan fingerprint density at radius 2 is 0.888 bits per heavy atom. The largest absolute Gasteiger partial charge is 0.490 e. The molecule has 2 amide bonds. The highest BCUT2D eigenvalue weighted by Gasteiger charge is 2.71. The third-order valence-electron chi connectivity index (χ3n) is 20.6. The number of hydrogen-bond donors (Lipinski definition) is 6. The van der Waals surface area contributed by atoms with E-state index in [9.17, 15) is 39.6 Å². The molecular formula is C82H139N3O13. The summed E-state index contributed by atoms with van der Waals surface area (Å²) >= 11 is 0. The van der Waals surface area contributed by atoms with Gasteiger partial charge in [0.2, 0.25) is 11.5 Å². The maximum absolute atomic E-state index is 14.4. The molecule has 0 bridgehead atoms. The van der Waals surface area contributed by atoms with Crippen LogP contribution in [0, 0.1) is 5.41 Å². The average molecular weight is 1380 g/mol. The molecule has 2 unspecified atom stereocenters. The van der Waals surface area contributed by atoms with E-state index < -0.39 is 78.3 Å². The molecule has 7 N–H and O–H groups in total. The molecule has 16 nitrogen and oxygen atoms in total. The van der Waals surface area contributed by atoms with Crippen LogP contribution in [0.2, 0.25) is 0 Å². The minimum atomic E-state index is -2.85. The number of carboxylic acid groups (broad SMARTS) is 2. The summed E-state index contributed by atoms with van der Waals surface area (Å²) in [4.78, 5) is 56.3. The van der Waals surface area contributed by atoms with Gasteiger partial charge in [-0.2, -0.15) is 0 Å². The fraction of sp³-hybridized carbons (Fsp3) is 0.780. The van der Waals surface area contributed by atoms with E-state index in [2.05, 4.69) is 26.1 Å². The molecule has 16 heteroatoms. The van der Waals surface area contributed by atoms with Crippen molar-refractivity contribution in [3.05, 3.63) is 65.9 Å². The Morgan fingerprint density at radius 3 is 1.20 bits per heavy atom. The summed E-state index contributed by atoms with van der Waals surface area (Å²) in [7, 11) is 1.18. The SMILES string of the molecule is CCCCCCCCCCCCCCCCCCOc1cc(CC(CC(=O)O)(C(=O)O)[C@@]2(O)[C@@H](CO)O[C@@H](N3C=CC(N)(C(=O)c4ccccc4)NC3=O)[C@@H]2OC)cc(OCCCCCCCCCCCCCCCCCC)c1OCCCCCCCCCCCCCCCCCC. The van der Waals surface area contributed by atoms with Gasteiger partial charge in [0, 0.05) is 18.9 Å². The average Bonchev–Trinajstić information content (AvgIpc) is 1.50. The number of urea groups is 1. The second kappa shape index (κ2) is 52.3. The van der Waals surface area contributed by atoms with Gasteiger partial charge in [-0.3, -0.25) is 25.0 Å². The number of carbonyl (C=O) groups excluding carboxylic acids is 2. The number of amides is 2. The summed E-state index contributed by atoms with van der Waals surface area (Å²) < 4.78 is 32.3. The highest BCUT2D eigenvalue weighted by molar-refractivity contribution is 6.06. The van der Waals surface area contributed by atoms with Crippen molar-refractivity contribution in [2.45, 2.75) is 372 Å². The lowest BCUT2D eigenvalue weighted by atomic mass is 9.61. The van der Waals surface area contributed by atoms with Crippen LogP contribution in [-0.2, 0) is 25.5 Å². The molecule has 0 radical (unpaired) electrons. The molecule has 2 aliphatic heterocycles. The van der Waals surface area contributed by atoms with Gasteiger partial charge in [-0.05, 0) is 49.5 Å². The van der Waals surface area contributed by atoms with E-state index in [1.807, 2.05) is 0 Å². The van der Waals surface area contributed by atoms with Gasteiger partial charge in [0.05, 0.1) is 32.8 Å².